The van der Waals surface area contributed by atoms with Crippen LogP contribution in [0.2, 0.25) is 0 Å². The standard InChI is InChI=1S/C14H26N4OS/c1-3-17-6-8-18(9-7-17)5-4-14-16-12(11-19-2)13(10-15)20-14/h3-11,15H2,1-2H3. The first-order chi connectivity index (χ1) is 9.76. The molecule has 1 aromatic rings. The minimum Gasteiger partial charge on any atom is -0.378 e. The van der Waals surface area contributed by atoms with Gasteiger partial charge in [-0.3, -0.25) is 0 Å². The van der Waals surface area contributed by atoms with Crippen molar-refractivity contribution in [3.63, 3.8) is 0 Å². The Kier molecular flexibility index (Phi) is 6.38. The lowest BCUT2D eigenvalue weighted by atomic mass is 10.3. The maximum atomic E-state index is 5.76. The van der Waals surface area contributed by atoms with Crippen molar-refractivity contribution in [1.29, 1.82) is 0 Å². The number of hydrogen-bond donors (Lipinski definition) is 1. The Hall–Kier alpha value is -0.530. The highest BCUT2D eigenvalue weighted by Crippen LogP contribution is 2.19. The second-order valence-electron chi connectivity index (χ2n) is 5.14. The van der Waals surface area contributed by atoms with Crippen LogP contribution in [0.1, 0.15) is 22.5 Å². The minimum absolute atomic E-state index is 0.561. The number of aromatic nitrogens is 1. The number of rotatable bonds is 7. The number of nitrogens with zero attached hydrogens (tertiary/aromatic N) is 3. The monoisotopic (exact) mass is 298 g/mol. The summed E-state index contributed by atoms with van der Waals surface area (Å²) in [6.45, 7) is 10.4. The van der Waals surface area contributed by atoms with Crippen molar-refractivity contribution >= 4 is 11.3 Å². The molecule has 1 aliphatic heterocycles. The summed E-state index contributed by atoms with van der Waals surface area (Å²) in [6.07, 6.45) is 1.02. The summed E-state index contributed by atoms with van der Waals surface area (Å²) in [5, 5.41) is 1.19. The molecule has 0 spiro atoms. The molecule has 0 aromatic carbocycles. The second kappa shape index (κ2) is 8.05. The maximum absolute atomic E-state index is 5.76. The molecule has 0 aliphatic carbocycles. The van der Waals surface area contributed by atoms with E-state index in [0.717, 1.165) is 23.5 Å². The molecule has 0 unspecified atom stereocenters. The van der Waals surface area contributed by atoms with Gasteiger partial charge < -0.3 is 20.3 Å². The van der Waals surface area contributed by atoms with Crippen LogP contribution in [0.25, 0.3) is 0 Å². The normalized spacial score (nSPS) is 17.8. The number of piperazine rings is 1. The van der Waals surface area contributed by atoms with Crippen molar-refractivity contribution in [2.24, 2.45) is 5.73 Å². The molecule has 2 heterocycles. The van der Waals surface area contributed by atoms with Crippen molar-refractivity contribution < 1.29 is 4.74 Å². The van der Waals surface area contributed by atoms with E-state index in [1.807, 2.05) is 0 Å². The fourth-order valence-electron chi connectivity index (χ4n) is 2.54. The minimum atomic E-state index is 0.561. The van der Waals surface area contributed by atoms with Crippen LogP contribution in [-0.2, 0) is 24.3 Å². The molecular weight excluding hydrogens is 272 g/mol. The Balaban J connectivity index is 1.82. The fraction of sp³-hybridized carbons (Fsp3) is 0.786. The van der Waals surface area contributed by atoms with Gasteiger partial charge in [-0.1, -0.05) is 6.92 Å². The van der Waals surface area contributed by atoms with Gasteiger partial charge in [-0.25, -0.2) is 4.98 Å². The number of nitrogens with two attached hydrogens (primary N) is 1. The summed E-state index contributed by atoms with van der Waals surface area (Å²) in [5.41, 5.74) is 6.78. The van der Waals surface area contributed by atoms with Gasteiger partial charge in [0.25, 0.3) is 0 Å². The SMILES string of the molecule is CCN1CCN(CCc2nc(COC)c(CN)s2)CC1. The van der Waals surface area contributed by atoms with Crippen molar-refractivity contribution in [3.05, 3.63) is 15.6 Å². The molecule has 2 N–H and O–H groups in total. The van der Waals surface area contributed by atoms with Gasteiger partial charge in [-0.05, 0) is 6.54 Å². The van der Waals surface area contributed by atoms with E-state index in [0.29, 0.717) is 13.2 Å². The van der Waals surface area contributed by atoms with Crippen LogP contribution in [0.4, 0.5) is 0 Å². The molecule has 0 amide bonds. The van der Waals surface area contributed by atoms with E-state index >= 15 is 0 Å². The molecule has 5 nitrogen and oxygen atoms in total. The lowest BCUT2D eigenvalue weighted by molar-refractivity contribution is 0.138. The summed E-state index contributed by atoms with van der Waals surface area (Å²) in [4.78, 5) is 10.9. The number of hydrogen-bond acceptors (Lipinski definition) is 6. The zero-order chi connectivity index (χ0) is 14.4. The highest BCUT2D eigenvalue weighted by molar-refractivity contribution is 7.11. The van der Waals surface area contributed by atoms with Gasteiger partial charge in [0.1, 0.15) is 0 Å². The third-order valence-corrected chi connectivity index (χ3v) is 5.02. The molecule has 6 heteroatoms. The first-order valence-electron chi connectivity index (χ1n) is 7.38. The van der Waals surface area contributed by atoms with Gasteiger partial charge in [0.15, 0.2) is 0 Å². The van der Waals surface area contributed by atoms with E-state index in [-0.39, 0.29) is 0 Å². The largest absolute Gasteiger partial charge is 0.378 e. The van der Waals surface area contributed by atoms with Crippen LogP contribution in [0.5, 0.6) is 0 Å². The Labute approximate surface area is 125 Å². The molecule has 0 saturated carbocycles. The van der Waals surface area contributed by atoms with Crippen LogP contribution in [0, 0.1) is 0 Å². The Morgan fingerprint density at radius 2 is 1.95 bits per heavy atom. The van der Waals surface area contributed by atoms with Gasteiger partial charge in [-0.15, -0.1) is 11.3 Å². The predicted molar refractivity (Wildman–Crippen MR) is 83.0 cm³/mol. The Morgan fingerprint density at radius 3 is 2.55 bits per heavy atom. The van der Waals surface area contributed by atoms with Crippen molar-refractivity contribution in [2.45, 2.75) is 26.5 Å². The third kappa shape index (κ3) is 4.23. The van der Waals surface area contributed by atoms with Gasteiger partial charge in [-0.2, -0.15) is 0 Å². The van der Waals surface area contributed by atoms with E-state index < -0.39 is 0 Å². The molecular formula is C14H26N4OS. The summed E-state index contributed by atoms with van der Waals surface area (Å²) in [5.74, 6) is 0. The first kappa shape index (κ1) is 15.9. The summed E-state index contributed by atoms with van der Waals surface area (Å²) < 4.78 is 5.18. The average Bonchev–Trinajstić information content (AvgIpc) is 2.88. The Bertz CT molecular complexity index is 402. The van der Waals surface area contributed by atoms with Gasteiger partial charge in [0.2, 0.25) is 0 Å². The van der Waals surface area contributed by atoms with E-state index in [4.69, 9.17) is 10.5 Å². The van der Waals surface area contributed by atoms with Crippen LogP contribution in [0.15, 0.2) is 0 Å². The number of thiazole rings is 1. The quantitative estimate of drug-likeness (QED) is 0.811. The third-order valence-electron chi connectivity index (χ3n) is 3.84. The van der Waals surface area contributed by atoms with E-state index in [1.165, 1.54) is 37.7 Å². The van der Waals surface area contributed by atoms with Crippen LogP contribution >= 0.6 is 11.3 Å². The molecule has 2 rings (SSSR count). The average molecular weight is 298 g/mol. The molecule has 1 aliphatic rings. The second-order valence-corrected chi connectivity index (χ2v) is 6.31. The highest BCUT2D eigenvalue weighted by Gasteiger charge is 2.16. The summed E-state index contributed by atoms with van der Waals surface area (Å²) >= 11 is 1.74. The van der Waals surface area contributed by atoms with E-state index in [9.17, 15) is 0 Å². The maximum Gasteiger partial charge on any atom is 0.0945 e. The summed E-state index contributed by atoms with van der Waals surface area (Å²) in [6, 6.07) is 0. The van der Waals surface area contributed by atoms with Crippen LogP contribution in [-0.4, -0.2) is 61.2 Å². The molecule has 0 bridgehead atoms. The molecule has 1 aromatic heterocycles. The van der Waals surface area contributed by atoms with Gasteiger partial charge in [0.05, 0.1) is 17.3 Å². The summed E-state index contributed by atoms with van der Waals surface area (Å²) in [7, 11) is 1.70. The van der Waals surface area contributed by atoms with Gasteiger partial charge in [0, 0.05) is 57.7 Å². The van der Waals surface area contributed by atoms with Crippen molar-refractivity contribution in [1.82, 2.24) is 14.8 Å². The smallest absolute Gasteiger partial charge is 0.0945 e. The van der Waals surface area contributed by atoms with E-state index in [2.05, 4.69) is 21.7 Å². The van der Waals surface area contributed by atoms with E-state index in [1.54, 1.807) is 18.4 Å². The van der Waals surface area contributed by atoms with Crippen LogP contribution in [0.3, 0.4) is 0 Å². The zero-order valence-corrected chi connectivity index (χ0v) is 13.4. The number of ether oxygens (including phenoxy) is 1. The lowest BCUT2D eigenvalue weighted by Gasteiger charge is -2.33. The number of likely N-dealkylation sites (N-methyl/N-ethyl adjacent to an activating group) is 1. The topological polar surface area (TPSA) is 54.6 Å². The molecule has 114 valence electrons. The predicted octanol–water partition coefficient (Wildman–Crippen LogP) is 0.928. The molecule has 1 fully saturated rings. The zero-order valence-electron chi connectivity index (χ0n) is 12.6. The van der Waals surface area contributed by atoms with Crippen LogP contribution < -0.4 is 5.73 Å². The lowest BCUT2D eigenvalue weighted by Crippen LogP contribution is -2.46. The van der Waals surface area contributed by atoms with Crippen molar-refractivity contribution in [2.75, 3.05) is 46.4 Å². The molecule has 0 radical (unpaired) electrons. The first-order valence-corrected chi connectivity index (χ1v) is 8.19. The molecule has 20 heavy (non-hydrogen) atoms. The molecule has 1 saturated heterocycles. The molecule has 0 atom stereocenters. The fourth-order valence-corrected chi connectivity index (χ4v) is 3.47. The number of methoxy groups -OCH3 is 1. The van der Waals surface area contributed by atoms with Gasteiger partial charge >= 0.3 is 0 Å². The highest BCUT2D eigenvalue weighted by atomic mass is 32.1. The Morgan fingerprint density at radius 1 is 1.25 bits per heavy atom. The van der Waals surface area contributed by atoms with Crippen molar-refractivity contribution in [3.8, 4) is 0 Å².